The summed E-state index contributed by atoms with van der Waals surface area (Å²) in [4.78, 5) is 28.9. The zero-order valence-corrected chi connectivity index (χ0v) is 14.4. The van der Waals surface area contributed by atoms with Crippen LogP contribution in [0.15, 0.2) is 24.3 Å². The van der Waals surface area contributed by atoms with Crippen molar-refractivity contribution >= 4 is 11.7 Å². The van der Waals surface area contributed by atoms with Gasteiger partial charge in [-0.05, 0) is 37.1 Å². The lowest BCUT2D eigenvalue weighted by Gasteiger charge is -2.35. The number of rotatable bonds is 5. The minimum Gasteiger partial charge on any atom is -0.497 e. The number of carbonyl (C=O) groups excluding carboxylic acids is 2. The summed E-state index contributed by atoms with van der Waals surface area (Å²) in [6.45, 7) is 3.45. The first-order valence-electron chi connectivity index (χ1n) is 8.86. The van der Waals surface area contributed by atoms with Crippen LogP contribution in [-0.4, -0.2) is 61.3 Å². The molecule has 130 valence electrons. The molecule has 2 fully saturated rings. The van der Waals surface area contributed by atoms with Crippen LogP contribution in [0.3, 0.4) is 0 Å². The van der Waals surface area contributed by atoms with Crippen LogP contribution in [0.2, 0.25) is 0 Å². The van der Waals surface area contributed by atoms with Crippen LogP contribution in [0, 0.1) is 5.92 Å². The zero-order valence-electron chi connectivity index (χ0n) is 14.4. The molecule has 1 saturated carbocycles. The molecule has 0 bridgehead atoms. The number of amides is 1. The number of ether oxygens (including phenoxy) is 1. The van der Waals surface area contributed by atoms with Gasteiger partial charge in [0, 0.05) is 37.7 Å². The van der Waals surface area contributed by atoms with Crippen LogP contribution < -0.4 is 4.74 Å². The van der Waals surface area contributed by atoms with Crippen molar-refractivity contribution in [3.63, 3.8) is 0 Å². The summed E-state index contributed by atoms with van der Waals surface area (Å²) >= 11 is 0. The van der Waals surface area contributed by atoms with Crippen molar-refractivity contribution in [2.24, 2.45) is 5.92 Å². The molecule has 0 unspecified atom stereocenters. The summed E-state index contributed by atoms with van der Waals surface area (Å²) in [6, 6.07) is 7.24. The van der Waals surface area contributed by atoms with Crippen molar-refractivity contribution in [3.05, 3.63) is 29.8 Å². The highest BCUT2D eigenvalue weighted by atomic mass is 16.5. The van der Waals surface area contributed by atoms with E-state index in [4.69, 9.17) is 4.74 Å². The predicted octanol–water partition coefficient (Wildman–Crippen LogP) is 2.21. The lowest BCUT2D eigenvalue weighted by Crippen LogP contribution is -2.51. The molecule has 1 aliphatic carbocycles. The van der Waals surface area contributed by atoms with Gasteiger partial charge < -0.3 is 9.64 Å². The van der Waals surface area contributed by atoms with E-state index in [1.54, 1.807) is 19.2 Å². The normalized spacial score (nSPS) is 19.5. The first-order chi connectivity index (χ1) is 11.7. The van der Waals surface area contributed by atoms with Crippen LogP contribution in [0.5, 0.6) is 5.75 Å². The number of benzene rings is 1. The fourth-order valence-corrected chi connectivity index (χ4v) is 3.63. The summed E-state index contributed by atoms with van der Waals surface area (Å²) in [5.74, 6) is 1.45. The molecule has 24 heavy (non-hydrogen) atoms. The highest BCUT2D eigenvalue weighted by Crippen LogP contribution is 2.27. The Bertz CT molecular complexity index is 571. The van der Waals surface area contributed by atoms with Crippen molar-refractivity contribution < 1.29 is 14.3 Å². The Kier molecular flexibility index (Phi) is 5.51. The Morgan fingerprint density at radius 3 is 2.25 bits per heavy atom. The van der Waals surface area contributed by atoms with E-state index < -0.39 is 0 Å². The second-order valence-corrected chi connectivity index (χ2v) is 6.73. The molecule has 1 aliphatic heterocycles. The van der Waals surface area contributed by atoms with Gasteiger partial charge >= 0.3 is 0 Å². The van der Waals surface area contributed by atoms with Crippen molar-refractivity contribution in [2.75, 3.05) is 39.8 Å². The van der Waals surface area contributed by atoms with Crippen LogP contribution in [0.4, 0.5) is 0 Å². The molecule has 1 heterocycles. The summed E-state index contributed by atoms with van der Waals surface area (Å²) in [5.41, 5.74) is 0.709. The fourth-order valence-electron chi connectivity index (χ4n) is 3.63. The molecule has 2 aliphatic rings. The summed E-state index contributed by atoms with van der Waals surface area (Å²) < 4.78 is 5.12. The minimum atomic E-state index is 0.119. The molecule has 0 radical (unpaired) electrons. The van der Waals surface area contributed by atoms with E-state index in [0.29, 0.717) is 18.0 Å². The zero-order chi connectivity index (χ0) is 16.9. The summed E-state index contributed by atoms with van der Waals surface area (Å²) in [6.07, 6.45) is 4.48. The number of hydrogen-bond acceptors (Lipinski definition) is 4. The third kappa shape index (κ3) is 3.96. The Morgan fingerprint density at radius 2 is 1.67 bits per heavy atom. The average Bonchev–Trinajstić information content (AvgIpc) is 3.16. The maximum absolute atomic E-state index is 12.4. The second-order valence-electron chi connectivity index (χ2n) is 6.73. The standard InChI is InChI=1S/C19H26N2O3/c1-24-17-8-6-15(7-9-17)18(22)14-20-10-12-21(13-11-20)19(23)16-4-2-3-5-16/h6-9,16H,2-5,10-14H2,1H3. The van der Waals surface area contributed by atoms with Gasteiger partial charge in [-0.1, -0.05) is 12.8 Å². The van der Waals surface area contributed by atoms with Gasteiger partial charge in [0.2, 0.25) is 5.91 Å². The number of piperazine rings is 1. The molecule has 1 amide bonds. The predicted molar refractivity (Wildman–Crippen MR) is 92.3 cm³/mol. The van der Waals surface area contributed by atoms with Crippen LogP contribution in [0.25, 0.3) is 0 Å². The van der Waals surface area contributed by atoms with Gasteiger partial charge in [0.25, 0.3) is 0 Å². The van der Waals surface area contributed by atoms with E-state index in [1.165, 1.54) is 12.8 Å². The van der Waals surface area contributed by atoms with E-state index in [1.807, 2.05) is 17.0 Å². The highest BCUT2D eigenvalue weighted by Gasteiger charge is 2.29. The molecule has 0 N–H and O–H groups in total. The number of Topliss-reactive ketones (excluding diaryl/α,β-unsaturated/α-hetero) is 1. The maximum atomic E-state index is 12.4. The van der Waals surface area contributed by atoms with Gasteiger partial charge in [-0.15, -0.1) is 0 Å². The van der Waals surface area contributed by atoms with Crippen molar-refractivity contribution in [3.8, 4) is 5.75 Å². The molecular formula is C19H26N2O3. The number of hydrogen-bond donors (Lipinski definition) is 0. The molecule has 1 saturated heterocycles. The van der Waals surface area contributed by atoms with Crippen molar-refractivity contribution in [1.82, 2.24) is 9.80 Å². The molecule has 0 atom stereocenters. The van der Waals surface area contributed by atoms with Crippen molar-refractivity contribution in [2.45, 2.75) is 25.7 Å². The highest BCUT2D eigenvalue weighted by molar-refractivity contribution is 5.97. The Labute approximate surface area is 143 Å². The molecule has 0 spiro atoms. The van der Waals surface area contributed by atoms with Crippen LogP contribution in [-0.2, 0) is 4.79 Å². The second kappa shape index (κ2) is 7.79. The van der Waals surface area contributed by atoms with E-state index in [-0.39, 0.29) is 11.7 Å². The van der Waals surface area contributed by atoms with Gasteiger partial charge in [0.05, 0.1) is 13.7 Å². The first-order valence-corrected chi connectivity index (χ1v) is 8.86. The topological polar surface area (TPSA) is 49.9 Å². The average molecular weight is 330 g/mol. The number of methoxy groups -OCH3 is 1. The number of carbonyl (C=O) groups is 2. The number of ketones is 1. The quantitative estimate of drug-likeness (QED) is 0.777. The Hall–Kier alpha value is -1.88. The molecular weight excluding hydrogens is 304 g/mol. The monoisotopic (exact) mass is 330 g/mol. The molecule has 0 aromatic heterocycles. The maximum Gasteiger partial charge on any atom is 0.225 e. The van der Waals surface area contributed by atoms with Gasteiger partial charge in [0.1, 0.15) is 5.75 Å². The molecule has 5 heteroatoms. The summed E-state index contributed by atoms with van der Waals surface area (Å²) in [5, 5.41) is 0. The lowest BCUT2D eigenvalue weighted by molar-refractivity contribution is -0.137. The van der Waals surface area contributed by atoms with E-state index in [0.717, 1.165) is 44.8 Å². The Morgan fingerprint density at radius 1 is 1.04 bits per heavy atom. The van der Waals surface area contributed by atoms with Gasteiger partial charge in [-0.3, -0.25) is 14.5 Å². The molecule has 1 aromatic carbocycles. The van der Waals surface area contributed by atoms with E-state index >= 15 is 0 Å². The van der Waals surface area contributed by atoms with Gasteiger partial charge in [0.15, 0.2) is 5.78 Å². The van der Waals surface area contributed by atoms with E-state index in [2.05, 4.69) is 4.90 Å². The smallest absolute Gasteiger partial charge is 0.225 e. The third-order valence-corrected chi connectivity index (χ3v) is 5.17. The van der Waals surface area contributed by atoms with Gasteiger partial charge in [-0.25, -0.2) is 0 Å². The van der Waals surface area contributed by atoms with Crippen LogP contribution in [0.1, 0.15) is 36.0 Å². The summed E-state index contributed by atoms with van der Waals surface area (Å²) in [7, 11) is 1.61. The van der Waals surface area contributed by atoms with E-state index in [9.17, 15) is 9.59 Å². The SMILES string of the molecule is COc1ccc(C(=O)CN2CCN(C(=O)C3CCCC3)CC2)cc1. The van der Waals surface area contributed by atoms with Crippen LogP contribution >= 0.6 is 0 Å². The molecule has 5 nitrogen and oxygen atoms in total. The molecule has 3 rings (SSSR count). The van der Waals surface area contributed by atoms with Crippen molar-refractivity contribution in [1.29, 1.82) is 0 Å². The minimum absolute atomic E-state index is 0.119. The fraction of sp³-hybridized carbons (Fsp3) is 0.579. The Balaban J connectivity index is 1.47. The third-order valence-electron chi connectivity index (χ3n) is 5.17. The lowest BCUT2D eigenvalue weighted by atomic mass is 10.1. The molecule has 1 aromatic rings. The van der Waals surface area contributed by atoms with Gasteiger partial charge in [-0.2, -0.15) is 0 Å². The first kappa shape index (κ1) is 17.0. The number of nitrogens with zero attached hydrogens (tertiary/aromatic N) is 2. The largest absolute Gasteiger partial charge is 0.497 e.